The molecule has 11 heteroatoms. The minimum atomic E-state index is -0.0581. The zero-order chi connectivity index (χ0) is 36.1. The summed E-state index contributed by atoms with van der Waals surface area (Å²) in [5.74, 6) is -0.115. The molecule has 0 spiro atoms. The molecular weight excluding hydrogens is 696 g/mol. The molecule has 0 unspecified atom stereocenters. The summed E-state index contributed by atoms with van der Waals surface area (Å²) < 4.78 is 0.973. The van der Waals surface area contributed by atoms with Crippen LogP contribution in [0, 0.1) is 6.92 Å². The lowest BCUT2D eigenvalue weighted by Gasteiger charge is -2.08. The number of nitrogen functional groups attached to an aromatic ring is 2. The van der Waals surface area contributed by atoms with Crippen LogP contribution in [0.2, 0.25) is 0 Å². The number of benzene rings is 4. The molecule has 0 aliphatic rings. The summed E-state index contributed by atoms with van der Waals surface area (Å²) in [5.41, 5.74) is 16.7. The molecule has 0 atom stereocenters. The van der Waals surface area contributed by atoms with E-state index in [1.54, 1.807) is 24.3 Å². The highest BCUT2D eigenvalue weighted by molar-refractivity contribution is 9.10. The summed E-state index contributed by atoms with van der Waals surface area (Å²) in [5, 5.41) is 11.3. The number of nitrogens with one attached hydrogen (secondary N) is 4. The van der Waals surface area contributed by atoms with E-state index >= 15 is 0 Å². The number of aryl methyl sites for hydroxylation is 1. The number of nitrogens with two attached hydrogens (primary N) is 2. The maximum atomic E-state index is 11.9. The highest BCUT2D eigenvalue weighted by atomic mass is 79.9. The van der Waals surface area contributed by atoms with Crippen molar-refractivity contribution in [2.45, 2.75) is 71.1 Å². The molecule has 50 heavy (non-hydrogen) atoms. The number of halogens is 1. The first-order valence-electron chi connectivity index (χ1n) is 16.8. The average Bonchev–Trinajstić information content (AvgIpc) is 3.08. The van der Waals surface area contributed by atoms with E-state index in [2.05, 4.69) is 37.2 Å². The Morgan fingerprint density at radius 1 is 0.500 bits per heavy atom. The minimum Gasteiger partial charge on any atom is -0.397 e. The fourth-order valence-electron chi connectivity index (χ4n) is 4.85. The fraction of sp³-hybridized carbons (Fsp3) is 0.282. The van der Waals surface area contributed by atoms with Gasteiger partial charge in [0.15, 0.2) is 0 Å². The van der Waals surface area contributed by atoms with Crippen LogP contribution in [0.5, 0.6) is 0 Å². The standard InChI is InChI=1S/C20H25N3O2.C19H22BrN3O2/c1-15-8-7-9-16(14-15)22-19(24)12-3-2-4-13-20(25)23-18-11-6-5-10-17(18)21;20-14-10-12-15(13-11-14)22-18(24)8-2-1-3-9-19(25)23-17-7-5-4-6-16(17)21/h5-11,14H,2-4,12-13,21H2,1H3,(H,22,24)(H,23,25);4-7,10-13H,1-3,8-9,21H2,(H,22,24)(H,23,25). The predicted octanol–water partition coefficient (Wildman–Crippen LogP) is 8.66. The van der Waals surface area contributed by atoms with Gasteiger partial charge in [-0.25, -0.2) is 0 Å². The molecule has 4 aromatic rings. The van der Waals surface area contributed by atoms with E-state index in [1.165, 1.54) is 0 Å². The lowest BCUT2D eigenvalue weighted by molar-refractivity contribution is -0.117. The minimum absolute atomic E-state index is 0.00658. The number of anilines is 6. The van der Waals surface area contributed by atoms with Crippen molar-refractivity contribution >= 4 is 73.7 Å². The maximum absolute atomic E-state index is 11.9. The molecule has 4 rings (SSSR count). The molecule has 10 nitrogen and oxygen atoms in total. The van der Waals surface area contributed by atoms with Crippen molar-refractivity contribution in [3.63, 3.8) is 0 Å². The fourth-order valence-corrected chi connectivity index (χ4v) is 5.11. The van der Waals surface area contributed by atoms with E-state index in [0.717, 1.165) is 59.9 Å². The summed E-state index contributed by atoms with van der Waals surface area (Å²) in [6.07, 6.45) is 6.41. The van der Waals surface area contributed by atoms with Crippen molar-refractivity contribution in [2.75, 3.05) is 32.7 Å². The molecule has 0 saturated carbocycles. The molecule has 0 fully saturated rings. The predicted molar refractivity (Wildman–Crippen MR) is 208 cm³/mol. The van der Waals surface area contributed by atoms with Crippen LogP contribution in [0.15, 0.2) is 102 Å². The molecule has 0 heterocycles. The van der Waals surface area contributed by atoms with Crippen LogP contribution in [0.1, 0.15) is 69.8 Å². The summed E-state index contributed by atoms with van der Waals surface area (Å²) in [6, 6.07) is 29.6. The van der Waals surface area contributed by atoms with Crippen LogP contribution >= 0.6 is 15.9 Å². The van der Waals surface area contributed by atoms with Crippen LogP contribution in [-0.2, 0) is 19.2 Å². The van der Waals surface area contributed by atoms with E-state index in [0.29, 0.717) is 48.4 Å². The lowest BCUT2D eigenvalue weighted by Crippen LogP contribution is -2.13. The highest BCUT2D eigenvalue weighted by Gasteiger charge is 2.08. The summed E-state index contributed by atoms with van der Waals surface area (Å²) in [7, 11) is 0. The third kappa shape index (κ3) is 15.8. The van der Waals surface area contributed by atoms with Gasteiger partial charge < -0.3 is 32.7 Å². The Labute approximate surface area is 302 Å². The zero-order valence-corrected chi connectivity index (χ0v) is 30.1. The van der Waals surface area contributed by atoms with Crippen LogP contribution in [0.3, 0.4) is 0 Å². The van der Waals surface area contributed by atoms with Gasteiger partial charge in [-0.15, -0.1) is 0 Å². The van der Waals surface area contributed by atoms with Crippen LogP contribution < -0.4 is 32.7 Å². The Bertz CT molecular complexity index is 1700. The number of hydrogen-bond donors (Lipinski definition) is 6. The first-order chi connectivity index (χ1) is 24.1. The zero-order valence-electron chi connectivity index (χ0n) is 28.5. The van der Waals surface area contributed by atoms with Crippen LogP contribution in [0.25, 0.3) is 0 Å². The lowest BCUT2D eigenvalue weighted by atomic mass is 10.1. The Kier molecular flexibility index (Phi) is 17.1. The van der Waals surface area contributed by atoms with E-state index < -0.39 is 0 Å². The topological polar surface area (TPSA) is 168 Å². The third-order valence-corrected chi connectivity index (χ3v) is 8.04. The normalized spacial score (nSPS) is 10.3. The van der Waals surface area contributed by atoms with Gasteiger partial charge in [0.25, 0.3) is 0 Å². The van der Waals surface area contributed by atoms with Gasteiger partial charge in [0.1, 0.15) is 0 Å². The van der Waals surface area contributed by atoms with Gasteiger partial charge in [0.05, 0.1) is 22.7 Å². The average molecular weight is 744 g/mol. The molecule has 4 aromatic carbocycles. The van der Waals surface area contributed by atoms with Crippen molar-refractivity contribution in [3.05, 3.63) is 107 Å². The van der Waals surface area contributed by atoms with Gasteiger partial charge in [0.2, 0.25) is 23.6 Å². The van der Waals surface area contributed by atoms with Gasteiger partial charge >= 0.3 is 0 Å². The SMILES string of the molecule is Cc1cccc(NC(=O)CCCCCC(=O)Nc2ccccc2N)c1.Nc1ccccc1NC(=O)CCCCCC(=O)Nc1ccc(Br)cc1. The van der Waals surface area contributed by atoms with Gasteiger partial charge in [-0.1, -0.05) is 65.2 Å². The third-order valence-electron chi connectivity index (χ3n) is 7.51. The number of para-hydroxylation sites is 4. The second-order valence-corrected chi connectivity index (χ2v) is 12.8. The van der Waals surface area contributed by atoms with E-state index in [4.69, 9.17) is 11.5 Å². The van der Waals surface area contributed by atoms with Crippen molar-refractivity contribution in [3.8, 4) is 0 Å². The molecule has 0 aliphatic carbocycles. The number of carbonyl (C=O) groups is 4. The van der Waals surface area contributed by atoms with Gasteiger partial charge in [-0.05, 0) is 98.8 Å². The quantitative estimate of drug-likeness (QED) is 0.0496. The Morgan fingerprint density at radius 2 is 0.920 bits per heavy atom. The molecule has 0 bridgehead atoms. The number of carbonyl (C=O) groups excluding carboxylic acids is 4. The maximum Gasteiger partial charge on any atom is 0.224 e. The number of rotatable bonds is 16. The first-order valence-corrected chi connectivity index (χ1v) is 17.6. The molecule has 0 aromatic heterocycles. The Hall–Kier alpha value is -5.16. The molecule has 0 aliphatic heterocycles. The van der Waals surface area contributed by atoms with E-state index in [9.17, 15) is 19.2 Å². The summed E-state index contributed by atoms with van der Waals surface area (Å²) in [6.45, 7) is 1.99. The van der Waals surface area contributed by atoms with E-state index in [1.807, 2.05) is 79.7 Å². The van der Waals surface area contributed by atoms with Gasteiger partial charge in [0, 0.05) is 41.5 Å². The van der Waals surface area contributed by atoms with Gasteiger partial charge in [-0.3, -0.25) is 19.2 Å². The smallest absolute Gasteiger partial charge is 0.224 e. The molecule has 264 valence electrons. The first kappa shape index (κ1) is 39.3. The second kappa shape index (κ2) is 21.7. The Balaban J connectivity index is 0.000000270. The molecule has 8 N–H and O–H groups in total. The van der Waals surface area contributed by atoms with Crippen LogP contribution in [-0.4, -0.2) is 23.6 Å². The van der Waals surface area contributed by atoms with E-state index in [-0.39, 0.29) is 23.6 Å². The number of unbranched alkanes of at least 4 members (excludes halogenated alkanes) is 4. The van der Waals surface area contributed by atoms with Crippen LogP contribution in [0.4, 0.5) is 34.1 Å². The Morgan fingerprint density at radius 3 is 1.36 bits per heavy atom. The monoisotopic (exact) mass is 742 g/mol. The van der Waals surface area contributed by atoms with Gasteiger partial charge in [-0.2, -0.15) is 0 Å². The van der Waals surface area contributed by atoms with Crippen molar-refractivity contribution < 1.29 is 19.2 Å². The van der Waals surface area contributed by atoms with Crippen molar-refractivity contribution in [2.24, 2.45) is 0 Å². The number of hydrogen-bond acceptors (Lipinski definition) is 6. The van der Waals surface area contributed by atoms with Crippen molar-refractivity contribution in [1.82, 2.24) is 0 Å². The molecule has 0 radical (unpaired) electrons. The molecular formula is C39H47BrN6O4. The second-order valence-electron chi connectivity index (χ2n) is 11.9. The molecule has 4 amide bonds. The largest absolute Gasteiger partial charge is 0.397 e. The summed E-state index contributed by atoms with van der Waals surface area (Å²) >= 11 is 3.35. The molecule has 0 saturated heterocycles. The summed E-state index contributed by atoms with van der Waals surface area (Å²) in [4.78, 5) is 47.5. The number of amides is 4. The van der Waals surface area contributed by atoms with Crippen molar-refractivity contribution in [1.29, 1.82) is 0 Å². The highest BCUT2D eigenvalue weighted by Crippen LogP contribution is 2.19.